The molecule has 1 N–H and O–H groups in total. The average Bonchev–Trinajstić information content (AvgIpc) is 2.83. The van der Waals surface area contributed by atoms with Gasteiger partial charge in [0.2, 0.25) is 10.0 Å². The summed E-state index contributed by atoms with van der Waals surface area (Å²) in [6, 6.07) is 1.76. The second-order valence-electron chi connectivity index (χ2n) is 5.79. The Hall–Kier alpha value is -1.12. The zero-order chi connectivity index (χ0) is 16.3. The van der Waals surface area contributed by atoms with Crippen LogP contribution in [-0.4, -0.2) is 56.1 Å². The second kappa shape index (κ2) is 6.97. The highest BCUT2D eigenvalue weighted by molar-refractivity contribution is 7.88. The van der Waals surface area contributed by atoms with E-state index in [1.165, 1.54) is 21.0 Å². The SMILES string of the molecule is Cc1ccsc1CN(C)C(=O)NC1CCCN(S(C)(=O)=O)C1. The smallest absolute Gasteiger partial charge is 0.317 e. The molecule has 124 valence electrons. The van der Waals surface area contributed by atoms with Crippen molar-refractivity contribution >= 4 is 27.4 Å². The van der Waals surface area contributed by atoms with Crippen LogP contribution >= 0.6 is 11.3 Å². The normalized spacial score (nSPS) is 19.9. The molecule has 0 saturated carbocycles. The number of urea groups is 1. The van der Waals surface area contributed by atoms with Gasteiger partial charge in [-0.3, -0.25) is 0 Å². The lowest BCUT2D eigenvalue weighted by atomic mass is 10.1. The fraction of sp³-hybridized carbons (Fsp3) is 0.643. The molecule has 6 nitrogen and oxygen atoms in total. The standard InChI is InChI=1S/C14H23N3O3S2/c1-11-6-8-21-13(11)10-16(2)14(18)15-12-5-4-7-17(9-12)22(3,19)20/h6,8,12H,4-5,7,9-10H2,1-3H3,(H,15,18). The molecule has 8 heteroatoms. The number of hydrogen-bond acceptors (Lipinski definition) is 4. The van der Waals surface area contributed by atoms with Gasteiger partial charge in [-0.25, -0.2) is 17.5 Å². The Labute approximate surface area is 136 Å². The predicted octanol–water partition coefficient (Wildman–Crippen LogP) is 1.62. The molecule has 1 aromatic heterocycles. The largest absolute Gasteiger partial charge is 0.334 e. The first-order valence-corrected chi connectivity index (χ1v) is 10.00. The number of aryl methyl sites for hydroxylation is 1. The van der Waals surface area contributed by atoms with Crippen molar-refractivity contribution in [1.82, 2.24) is 14.5 Å². The highest BCUT2D eigenvalue weighted by atomic mass is 32.2. The lowest BCUT2D eigenvalue weighted by Crippen LogP contribution is -2.51. The third kappa shape index (κ3) is 4.44. The molecule has 1 fully saturated rings. The van der Waals surface area contributed by atoms with E-state index in [0.717, 1.165) is 12.8 Å². The summed E-state index contributed by atoms with van der Waals surface area (Å²) >= 11 is 1.64. The van der Waals surface area contributed by atoms with E-state index in [2.05, 4.69) is 5.32 Å². The van der Waals surface area contributed by atoms with E-state index < -0.39 is 10.0 Å². The van der Waals surface area contributed by atoms with Gasteiger partial charge >= 0.3 is 6.03 Å². The maximum Gasteiger partial charge on any atom is 0.317 e. The summed E-state index contributed by atoms with van der Waals surface area (Å²) in [4.78, 5) is 15.1. The van der Waals surface area contributed by atoms with E-state index in [-0.39, 0.29) is 12.1 Å². The molecule has 1 aliphatic rings. The van der Waals surface area contributed by atoms with Crippen LogP contribution in [0, 0.1) is 6.92 Å². The van der Waals surface area contributed by atoms with Crippen molar-refractivity contribution in [3.8, 4) is 0 Å². The van der Waals surface area contributed by atoms with Gasteiger partial charge < -0.3 is 10.2 Å². The number of carbonyl (C=O) groups is 1. The van der Waals surface area contributed by atoms with Crippen molar-refractivity contribution in [2.24, 2.45) is 0 Å². The van der Waals surface area contributed by atoms with Gasteiger partial charge in [-0.05, 0) is 36.8 Å². The lowest BCUT2D eigenvalue weighted by molar-refractivity contribution is 0.194. The molecule has 0 spiro atoms. The van der Waals surface area contributed by atoms with Crippen molar-refractivity contribution < 1.29 is 13.2 Å². The van der Waals surface area contributed by atoms with Crippen LogP contribution in [-0.2, 0) is 16.6 Å². The third-order valence-electron chi connectivity index (χ3n) is 3.88. The molecule has 0 radical (unpaired) electrons. The topological polar surface area (TPSA) is 69.7 Å². The molecule has 0 bridgehead atoms. The van der Waals surface area contributed by atoms with Gasteiger partial charge in [-0.15, -0.1) is 11.3 Å². The minimum absolute atomic E-state index is 0.122. The first-order valence-electron chi connectivity index (χ1n) is 7.27. The van der Waals surface area contributed by atoms with Crippen LogP contribution in [0.15, 0.2) is 11.4 Å². The molecule has 0 aliphatic carbocycles. The van der Waals surface area contributed by atoms with Gasteiger partial charge in [0.15, 0.2) is 0 Å². The van der Waals surface area contributed by atoms with Crippen molar-refractivity contribution in [2.45, 2.75) is 32.4 Å². The molecule has 2 rings (SSSR count). The fourth-order valence-corrected chi connectivity index (χ4v) is 4.37. The molecule has 1 aromatic rings. The van der Waals surface area contributed by atoms with Crippen LogP contribution in [0.25, 0.3) is 0 Å². The van der Waals surface area contributed by atoms with E-state index in [1.54, 1.807) is 23.3 Å². The summed E-state index contributed by atoms with van der Waals surface area (Å²) in [5, 5.41) is 4.95. The van der Waals surface area contributed by atoms with Crippen molar-refractivity contribution in [1.29, 1.82) is 0 Å². The maximum absolute atomic E-state index is 12.3. The number of nitrogens with one attached hydrogen (secondary N) is 1. The Morgan fingerprint density at radius 2 is 2.27 bits per heavy atom. The van der Waals surface area contributed by atoms with Crippen molar-refractivity contribution in [3.05, 3.63) is 21.9 Å². The van der Waals surface area contributed by atoms with Gasteiger partial charge in [0.05, 0.1) is 12.8 Å². The van der Waals surface area contributed by atoms with Crippen LogP contribution in [0.2, 0.25) is 0 Å². The van der Waals surface area contributed by atoms with Crippen LogP contribution in [0.1, 0.15) is 23.3 Å². The Kier molecular flexibility index (Phi) is 5.46. The number of hydrogen-bond donors (Lipinski definition) is 1. The number of nitrogens with zero attached hydrogens (tertiary/aromatic N) is 2. The quantitative estimate of drug-likeness (QED) is 0.901. The monoisotopic (exact) mass is 345 g/mol. The number of rotatable bonds is 4. The molecular formula is C14H23N3O3S2. The van der Waals surface area contributed by atoms with E-state index in [9.17, 15) is 13.2 Å². The summed E-state index contributed by atoms with van der Waals surface area (Å²) in [5.74, 6) is 0. The van der Waals surface area contributed by atoms with E-state index >= 15 is 0 Å². The van der Waals surface area contributed by atoms with Gasteiger partial charge in [-0.2, -0.15) is 0 Å². The summed E-state index contributed by atoms with van der Waals surface area (Å²) in [6.07, 6.45) is 2.79. The predicted molar refractivity (Wildman–Crippen MR) is 88.5 cm³/mol. The van der Waals surface area contributed by atoms with Gasteiger partial charge in [-0.1, -0.05) is 0 Å². The minimum Gasteiger partial charge on any atom is -0.334 e. The van der Waals surface area contributed by atoms with Crippen LogP contribution in [0.3, 0.4) is 0 Å². The first kappa shape index (κ1) is 17.2. The molecule has 2 amide bonds. The maximum atomic E-state index is 12.3. The van der Waals surface area contributed by atoms with E-state index in [1.807, 2.05) is 18.4 Å². The van der Waals surface area contributed by atoms with E-state index in [4.69, 9.17) is 0 Å². The Bertz CT molecular complexity index is 627. The molecule has 1 saturated heterocycles. The van der Waals surface area contributed by atoms with Crippen LogP contribution in [0.4, 0.5) is 4.79 Å². The minimum atomic E-state index is -3.19. The van der Waals surface area contributed by atoms with Gasteiger partial charge in [0, 0.05) is 31.1 Å². The number of amides is 2. The molecule has 2 heterocycles. The average molecular weight is 345 g/mol. The fourth-order valence-electron chi connectivity index (χ4n) is 2.50. The second-order valence-corrected chi connectivity index (χ2v) is 8.78. The Morgan fingerprint density at radius 1 is 1.55 bits per heavy atom. The summed E-state index contributed by atoms with van der Waals surface area (Å²) in [5.41, 5.74) is 1.19. The highest BCUT2D eigenvalue weighted by Crippen LogP contribution is 2.18. The number of sulfonamides is 1. The first-order chi connectivity index (χ1) is 10.3. The molecule has 22 heavy (non-hydrogen) atoms. The third-order valence-corrected chi connectivity index (χ3v) is 6.15. The number of piperidine rings is 1. The summed E-state index contributed by atoms with van der Waals surface area (Å²) < 4.78 is 24.6. The Morgan fingerprint density at radius 3 is 2.86 bits per heavy atom. The van der Waals surface area contributed by atoms with Gasteiger partial charge in [0.25, 0.3) is 0 Å². The van der Waals surface area contributed by atoms with Crippen LogP contribution in [0.5, 0.6) is 0 Å². The van der Waals surface area contributed by atoms with E-state index in [0.29, 0.717) is 19.6 Å². The van der Waals surface area contributed by atoms with Crippen molar-refractivity contribution in [2.75, 3.05) is 26.4 Å². The highest BCUT2D eigenvalue weighted by Gasteiger charge is 2.27. The Balaban J connectivity index is 1.89. The number of carbonyl (C=O) groups excluding carboxylic acids is 1. The zero-order valence-corrected chi connectivity index (χ0v) is 14.8. The molecule has 1 unspecified atom stereocenters. The molecule has 0 aromatic carbocycles. The van der Waals surface area contributed by atoms with Crippen molar-refractivity contribution in [3.63, 3.8) is 0 Å². The number of thiophene rings is 1. The molecular weight excluding hydrogens is 322 g/mol. The van der Waals surface area contributed by atoms with Crippen LogP contribution < -0.4 is 5.32 Å². The lowest BCUT2D eigenvalue weighted by Gasteiger charge is -2.32. The molecule has 1 aliphatic heterocycles. The zero-order valence-electron chi connectivity index (χ0n) is 13.2. The summed E-state index contributed by atoms with van der Waals surface area (Å²) in [6.45, 7) is 3.49. The van der Waals surface area contributed by atoms with Gasteiger partial charge in [0.1, 0.15) is 0 Å². The molecule has 1 atom stereocenters. The summed E-state index contributed by atoms with van der Waals surface area (Å²) in [7, 11) is -1.44.